The molecule has 1 unspecified atom stereocenters. The smallest absolute Gasteiger partial charge is 0.308 e. The minimum Gasteiger partial charge on any atom is -0.454 e. The van der Waals surface area contributed by atoms with E-state index in [2.05, 4.69) is 30.9 Å². The first-order valence-electron chi connectivity index (χ1n) is 9.25. The fourth-order valence-electron chi connectivity index (χ4n) is 3.11. The van der Waals surface area contributed by atoms with Crippen LogP contribution in [0.5, 0.6) is 0 Å². The first-order valence-corrected chi connectivity index (χ1v) is 10.0. The van der Waals surface area contributed by atoms with Crippen molar-refractivity contribution in [3.8, 4) is 0 Å². The number of esters is 1. The Morgan fingerprint density at radius 2 is 1.97 bits per heavy atom. The standard InChI is InChI=1S/C21H17BrN4O4/c1-12(19-24-17-5-3-2-4-14(17)20(28)25-19)30-18(27)8-9-26-11-23-16-7-6-13(22)10-15(16)21(26)29/h2-7,10-12H,8-9H2,1H3,(H,24,25,28). The molecular formula is C21H17BrN4O4. The van der Waals surface area contributed by atoms with E-state index in [9.17, 15) is 14.4 Å². The number of fused-ring (bicyclic) bond motifs is 2. The van der Waals surface area contributed by atoms with E-state index in [0.717, 1.165) is 4.47 Å². The van der Waals surface area contributed by atoms with Crippen molar-refractivity contribution in [1.29, 1.82) is 0 Å². The summed E-state index contributed by atoms with van der Waals surface area (Å²) >= 11 is 3.34. The van der Waals surface area contributed by atoms with Crippen LogP contribution in [0, 0.1) is 0 Å². The Balaban J connectivity index is 1.46. The molecule has 0 radical (unpaired) electrons. The summed E-state index contributed by atoms with van der Waals surface area (Å²) in [6, 6.07) is 12.2. The molecule has 152 valence electrons. The molecule has 1 atom stereocenters. The lowest BCUT2D eigenvalue weighted by atomic mass is 10.2. The van der Waals surface area contributed by atoms with Crippen molar-refractivity contribution in [3.05, 3.63) is 79.8 Å². The van der Waals surface area contributed by atoms with Gasteiger partial charge in [0.1, 0.15) is 0 Å². The van der Waals surface area contributed by atoms with E-state index < -0.39 is 12.1 Å². The van der Waals surface area contributed by atoms with Gasteiger partial charge < -0.3 is 9.72 Å². The van der Waals surface area contributed by atoms with Crippen LogP contribution < -0.4 is 11.1 Å². The van der Waals surface area contributed by atoms with Gasteiger partial charge in [-0.1, -0.05) is 28.1 Å². The maximum atomic E-state index is 12.6. The number of ether oxygens (including phenoxy) is 1. The van der Waals surface area contributed by atoms with Gasteiger partial charge in [0, 0.05) is 11.0 Å². The molecule has 2 aromatic carbocycles. The number of benzene rings is 2. The maximum absolute atomic E-state index is 12.6. The topological polar surface area (TPSA) is 107 Å². The van der Waals surface area contributed by atoms with Gasteiger partial charge in [-0.25, -0.2) is 9.97 Å². The van der Waals surface area contributed by atoms with Crippen LogP contribution in [0.2, 0.25) is 0 Å². The molecule has 1 N–H and O–H groups in total. The molecule has 0 saturated carbocycles. The highest BCUT2D eigenvalue weighted by molar-refractivity contribution is 9.10. The predicted octanol–water partition coefficient (Wildman–Crippen LogP) is 3.09. The predicted molar refractivity (Wildman–Crippen MR) is 115 cm³/mol. The molecule has 0 bridgehead atoms. The minimum atomic E-state index is -0.739. The minimum absolute atomic E-state index is 0.0246. The second-order valence-electron chi connectivity index (χ2n) is 6.75. The fourth-order valence-corrected chi connectivity index (χ4v) is 3.47. The van der Waals surface area contributed by atoms with Crippen LogP contribution in [-0.2, 0) is 16.1 Å². The number of halogens is 1. The Labute approximate surface area is 178 Å². The van der Waals surface area contributed by atoms with Crippen LogP contribution in [0.1, 0.15) is 25.3 Å². The molecule has 0 amide bonds. The number of nitrogens with one attached hydrogen (secondary N) is 1. The van der Waals surface area contributed by atoms with E-state index >= 15 is 0 Å². The first-order chi connectivity index (χ1) is 14.4. The second kappa shape index (κ2) is 8.19. The molecule has 0 aliphatic heterocycles. The average molecular weight is 469 g/mol. The lowest BCUT2D eigenvalue weighted by Crippen LogP contribution is -2.23. The van der Waals surface area contributed by atoms with Crippen LogP contribution in [0.3, 0.4) is 0 Å². The van der Waals surface area contributed by atoms with Crippen LogP contribution in [0.4, 0.5) is 0 Å². The summed E-state index contributed by atoms with van der Waals surface area (Å²) in [7, 11) is 0. The molecule has 4 aromatic rings. The van der Waals surface area contributed by atoms with Gasteiger partial charge in [-0.2, -0.15) is 0 Å². The molecule has 4 rings (SSSR count). The van der Waals surface area contributed by atoms with Gasteiger partial charge >= 0.3 is 5.97 Å². The van der Waals surface area contributed by atoms with Crippen LogP contribution in [0.15, 0.2) is 62.9 Å². The summed E-state index contributed by atoms with van der Waals surface area (Å²) in [5.41, 5.74) is 0.585. The van der Waals surface area contributed by atoms with Crippen molar-refractivity contribution < 1.29 is 9.53 Å². The summed E-state index contributed by atoms with van der Waals surface area (Å²) < 4.78 is 7.54. The number of nitrogens with zero attached hydrogens (tertiary/aromatic N) is 3. The lowest BCUT2D eigenvalue weighted by molar-refractivity contribution is -0.149. The highest BCUT2D eigenvalue weighted by Gasteiger charge is 2.16. The number of carbonyl (C=O) groups excluding carboxylic acids is 1. The van der Waals surface area contributed by atoms with Gasteiger partial charge in [0.15, 0.2) is 11.9 Å². The van der Waals surface area contributed by atoms with Gasteiger partial charge in [-0.3, -0.25) is 19.0 Å². The van der Waals surface area contributed by atoms with E-state index in [1.165, 1.54) is 10.9 Å². The monoisotopic (exact) mass is 468 g/mol. The van der Waals surface area contributed by atoms with Crippen molar-refractivity contribution in [2.45, 2.75) is 26.0 Å². The van der Waals surface area contributed by atoms with Crippen molar-refractivity contribution in [2.75, 3.05) is 0 Å². The van der Waals surface area contributed by atoms with Crippen LogP contribution in [-0.4, -0.2) is 25.5 Å². The molecule has 2 aromatic heterocycles. The highest BCUT2D eigenvalue weighted by Crippen LogP contribution is 2.16. The van der Waals surface area contributed by atoms with E-state index in [4.69, 9.17) is 4.74 Å². The Morgan fingerprint density at radius 1 is 1.17 bits per heavy atom. The van der Waals surface area contributed by atoms with Gasteiger partial charge in [-0.05, 0) is 37.3 Å². The maximum Gasteiger partial charge on any atom is 0.308 e. The Bertz CT molecular complexity index is 1380. The van der Waals surface area contributed by atoms with Gasteiger partial charge in [0.25, 0.3) is 11.1 Å². The normalized spacial score (nSPS) is 12.2. The van der Waals surface area contributed by atoms with Crippen LogP contribution in [0.25, 0.3) is 21.8 Å². The molecule has 8 nitrogen and oxygen atoms in total. The number of H-pyrrole nitrogens is 1. The summed E-state index contributed by atoms with van der Waals surface area (Å²) in [4.78, 5) is 48.3. The number of aryl methyl sites for hydroxylation is 1. The Morgan fingerprint density at radius 3 is 2.80 bits per heavy atom. The first kappa shape index (κ1) is 20.0. The molecule has 9 heteroatoms. The number of para-hydroxylation sites is 1. The van der Waals surface area contributed by atoms with E-state index in [-0.39, 0.29) is 29.9 Å². The zero-order chi connectivity index (χ0) is 21.3. The quantitative estimate of drug-likeness (QED) is 0.451. The molecule has 0 saturated heterocycles. The van der Waals surface area contributed by atoms with Gasteiger partial charge in [0.05, 0.1) is 34.6 Å². The molecule has 30 heavy (non-hydrogen) atoms. The molecule has 2 heterocycles. The number of aromatic amines is 1. The third-order valence-electron chi connectivity index (χ3n) is 4.67. The highest BCUT2D eigenvalue weighted by atomic mass is 79.9. The van der Waals surface area contributed by atoms with E-state index in [0.29, 0.717) is 21.8 Å². The second-order valence-corrected chi connectivity index (χ2v) is 7.67. The van der Waals surface area contributed by atoms with Gasteiger partial charge in [-0.15, -0.1) is 0 Å². The SMILES string of the molecule is CC(OC(=O)CCn1cnc2ccc(Br)cc2c1=O)c1nc2ccccc2c(=O)[nH]1. The van der Waals surface area contributed by atoms with Crippen molar-refractivity contribution >= 4 is 43.7 Å². The number of hydrogen-bond acceptors (Lipinski definition) is 6. The largest absolute Gasteiger partial charge is 0.454 e. The lowest BCUT2D eigenvalue weighted by Gasteiger charge is -2.13. The molecule has 0 fully saturated rings. The summed E-state index contributed by atoms with van der Waals surface area (Å²) in [6.45, 7) is 1.76. The number of carbonyl (C=O) groups is 1. The Hall–Kier alpha value is -3.33. The van der Waals surface area contributed by atoms with Crippen molar-refractivity contribution in [2.24, 2.45) is 0 Å². The third kappa shape index (κ3) is 4.02. The van der Waals surface area contributed by atoms with E-state index in [1.807, 2.05) is 6.07 Å². The molecule has 0 aliphatic carbocycles. The van der Waals surface area contributed by atoms with Crippen molar-refractivity contribution in [1.82, 2.24) is 19.5 Å². The molecular weight excluding hydrogens is 452 g/mol. The third-order valence-corrected chi connectivity index (χ3v) is 5.16. The summed E-state index contributed by atoms with van der Waals surface area (Å²) in [6.07, 6.45) is 0.651. The fraction of sp³-hybridized carbons (Fsp3) is 0.190. The average Bonchev–Trinajstić information content (AvgIpc) is 2.73. The van der Waals surface area contributed by atoms with E-state index in [1.54, 1.807) is 43.3 Å². The zero-order valence-electron chi connectivity index (χ0n) is 16.0. The van der Waals surface area contributed by atoms with Gasteiger partial charge in [0.2, 0.25) is 0 Å². The molecule has 0 spiro atoms. The summed E-state index contributed by atoms with van der Waals surface area (Å²) in [5.74, 6) is -0.249. The number of hydrogen-bond donors (Lipinski definition) is 1. The number of rotatable bonds is 5. The van der Waals surface area contributed by atoms with Crippen molar-refractivity contribution in [3.63, 3.8) is 0 Å². The molecule has 0 aliphatic rings. The number of aromatic nitrogens is 4. The van der Waals surface area contributed by atoms with Crippen LogP contribution >= 0.6 is 15.9 Å². The zero-order valence-corrected chi connectivity index (χ0v) is 17.5. The Kier molecular flexibility index (Phi) is 5.45. The summed E-state index contributed by atoms with van der Waals surface area (Å²) in [5, 5.41) is 0.932.